The Bertz CT molecular complexity index is 1210. The summed E-state index contributed by atoms with van der Waals surface area (Å²) in [5, 5.41) is 0. The molecule has 0 unspecified atom stereocenters. The molecule has 190 valence electrons. The van der Waals surface area contributed by atoms with Gasteiger partial charge in [-0.05, 0) is 24.3 Å². The summed E-state index contributed by atoms with van der Waals surface area (Å²) >= 11 is 1.15. The van der Waals surface area contributed by atoms with Crippen LogP contribution in [-0.2, 0) is 30.1 Å². The largest absolute Gasteiger partial charge is 0.416 e. The lowest BCUT2D eigenvalue weighted by molar-refractivity contribution is -0.185. The van der Waals surface area contributed by atoms with Crippen molar-refractivity contribution >= 4 is 35.0 Å². The Morgan fingerprint density at radius 2 is 1.69 bits per heavy atom. The van der Waals surface area contributed by atoms with E-state index in [2.05, 4.69) is 4.90 Å². The number of anilines is 2. The molecule has 0 aromatic heterocycles. The molecular weight excluding hydrogens is 495 g/mol. The molecule has 0 aliphatic carbocycles. The first-order valence-corrected chi connectivity index (χ1v) is 12.8. The van der Waals surface area contributed by atoms with E-state index in [1.807, 2.05) is 12.1 Å². The average Bonchev–Trinajstić information content (AvgIpc) is 3.53. The van der Waals surface area contributed by atoms with E-state index in [0.29, 0.717) is 57.1 Å². The van der Waals surface area contributed by atoms with Gasteiger partial charge in [-0.3, -0.25) is 24.3 Å². The first-order chi connectivity index (χ1) is 17.2. The van der Waals surface area contributed by atoms with Gasteiger partial charge in [0.25, 0.3) is 5.91 Å². The van der Waals surface area contributed by atoms with Gasteiger partial charge in [0.1, 0.15) is 0 Å². The smallest absolute Gasteiger partial charge is 0.347 e. The van der Waals surface area contributed by atoms with Crippen molar-refractivity contribution < 1.29 is 32.2 Å². The maximum absolute atomic E-state index is 14.1. The number of halogens is 3. The van der Waals surface area contributed by atoms with Gasteiger partial charge >= 0.3 is 6.18 Å². The van der Waals surface area contributed by atoms with Crippen LogP contribution in [0.25, 0.3) is 0 Å². The molecule has 2 aromatic rings. The van der Waals surface area contributed by atoms with Gasteiger partial charge in [0.05, 0.1) is 36.9 Å². The van der Waals surface area contributed by atoms with Gasteiger partial charge in [-0.1, -0.05) is 24.3 Å². The molecule has 7 nitrogen and oxygen atoms in total. The van der Waals surface area contributed by atoms with Crippen LogP contribution < -0.4 is 9.80 Å². The van der Waals surface area contributed by atoms with Crippen LogP contribution in [0.2, 0.25) is 0 Å². The monoisotopic (exact) mass is 519 g/mol. The van der Waals surface area contributed by atoms with Crippen LogP contribution in [0.1, 0.15) is 24.0 Å². The molecule has 36 heavy (non-hydrogen) atoms. The fourth-order valence-corrected chi connectivity index (χ4v) is 6.90. The highest BCUT2D eigenvalue weighted by Crippen LogP contribution is 2.56. The number of likely N-dealkylation sites (tertiary alicyclic amines) is 1. The van der Waals surface area contributed by atoms with Gasteiger partial charge in [-0.2, -0.15) is 13.2 Å². The van der Waals surface area contributed by atoms with E-state index < -0.39 is 28.3 Å². The molecule has 0 bridgehead atoms. The Morgan fingerprint density at radius 1 is 0.972 bits per heavy atom. The van der Waals surface area contributed by atoms with Gasteiger partial charge < -0.3 is 9.47 Å². The first kappa shape index (κ1) is 23.8. The molecular formula is C25H24F3N3O4S. The van der Waals surface area contributed by atoms with E-state index in [9.17, 15) is 22.8 Å². The molecule has 1 atom stereocenters. The molecule has 3 saturated heterocycles. The maximum atomic E-state index is 14.1. The number of alkyl halides is 3. The number of piperidine rings is 1. The van der Waals surface area contributed by atoms with Crippen molar-refractivity contribution in [2.75, 3.05) is 48.5 Å². The topological polar surface area (TPSA) is 62.3 Å². The minimum atomic E-state index is -4.57. The number of thioether (sulfide) groups is 1. The number of carbonyl (C=O) groups excluding carboxylic acids is 2. The third-order valence-electron chi connectivity index (χ3n) is 7.27. The Kier molecular flexibility index (Phi) is 5.60. The predicted octanol–water partition coefficient (Wildman–Crippen LogP) is 3.78. The van der Waals surface area contributed by atoms with E-state index in [-0.39, 0.29) is 17.3 Å². The number of rotatable bonds is 3. The van der Waals surface area contributed by atoms with Crippen LogP contribution in [0.4, 0.5) is 24.5 Å². The lowest BCUT2D eigenvalue weighted by atomic mass is 10.0. The molecule has 0 radical (unpaired) electrons. The van der Waals surface area contributed by atoms with Gasteiger partial charge in [0.15, 0.2) is 5.79 Å². The number of hydrogen-bond acceptors (Lipinski definition) is 6. The van der Waals surface area contributed by atoms with Crippen LogP contribution >= 0.6 is 11.8 Å². The molecule has 2 aromatic carbocycles. The lowest BCUT2D eigenvalue weighted by Gasteiger charge is -2.39. The lowest BCUT2D eigenvalue weighted by Crippen LogP contribution is -2.53. The minimum Gasteiger partial charge on any atom is -0.347 e. The summed E-state index contributed by atoms with van der Waals surface area (Å²) in [4.78, 5) is 30.8. The molecule has 2 spiro atoms. The Hall–Kier alpha value is -2.60. The summed E-state index contributed by atoms with van der Waals surface area (Å²) in [6.45, 7) is 2.80. The highest BCUT2D eigenvalue weighted by molar-refractivity contribution is 8.02. The number of ether oxygens (including phenoxy) is 2. The average molecular weight is 520 g/mol. The SMILES string of the molecule is O=C1CS[C@]2(C(=O)N(CN3CCC4(CC3)OCCO4)c3ccccc32)N1c1cccc(C(F)(F)F)c1. The fraction of sp³-hybridized carbons (Fsp3) is 0.440. The van der Waals surface area contributed by atoms with Crippen LogP contribution in [0.3, 0.4) is 0 Å². The molecule has 4 aliphatic rings. The highest BCUT2D eigenvalue weighted by atomic mass is 32.2. The van der Waals surface area contributed by atoms with Crippen molar-refractivity contribution in [2.45, 2.75) is 29.7 Å². The summed E-state index contributed by atoms with van der Waals surface area (Å²) in [6.07, 6.45) is -3.20. The summed E-state index contributed by atoms with van der Waals surface area (Å²) < 4.78 is 52.0. The van der Waals surface area contributed by atoms with Crippen LogP contribution in [0.5, 0.6) is 0 Å². The van der Waals surface area contributed by atoms with Gasteiger partial charge in [0, 0.05) is 37.2 Å². The number of benzene rings is 2. The molecule has 3 fully saturated rings. The van der Waals surface area contributed by atoms with Crippen molar-refractivity contribution in [1.82, 2.24) is 4.90 Å². The van der Waals surface area contributed by atoms with Crippen LogP contribution in [0, 0.1) is 0 Å². The number of fused-ring (bicyclic) bond motifs is 2. The van der Waals surface area contributed by atoms with E-state index in [4.69, 9.17) is 9.47 Å². The van der Waals surface area contributed by atoms with Crippen LogP contribution in [-0.4, -0.2) is 61.2 Å². The highest BCUT2D eigenvalue weighted by Gasteiger charge is 2.61. The second kappa shape index (κ2) is 8.47. The molecule has 4 aliphatic heterocycles. The number of carbonyl (C=O) groups is 2. The number of para-hydroxylation sites is 1. The Labute approximate surface area is 210 Å². The molecule has 0 saturated carbocycles. The van der Waals surface area contributed by atoms with Gasteiger partial charge in [-0.25, -0.2) is 0 Å². The fourth-order valence-electron chi connectivity index (χ4n) is 5.54. The van der Waals surface area contributed by atoms with E-state index in [0.717, 1.165) is 23.9 Å². The molecule has 4 heterocycles. The van der Waals surface area contributed by atoms with Gasteiger partial charge in [0.2, 0.25) is 10.8 Å². The minimum absolute atomic E-state index is 0.00886. The normalized spacial score (nSPS) is 26.0. The molecule has 11 heteroatoms. The Morgan fingerprint density at radius 3 is 2.42 bits per heavy atom. The van der Waals surface area contributed by atoms with Crippen molar-refractivity contribution in [1.29, 1.82) is 0 Å². The summed E-state index contributed by atoms with van der Waals surface area (Å²) in [5.41, 5.74) is 0.462. The van der Waals surface area contributed by atoms with E-state index in [1.54, 1.807) is 17.0 Å². The molecule has 2 amide bonds. The quantitative estimate of drug-likeness (QED) is 0.615. The van der Waals surface area contributed by atoms with Crippen molar-refractivity contribution in [3.8, 4) is 0 Å². The maximum Gasteiger partial charge on any atom is 0.416 e. The van der Waals surface area contributed by atoms with Crippen molar-refractivity contribution in [3.05, 3.63) is 59.7 Å². The van der Waals surface area contributed by atoms with E-state index in [1.165, 1.54) is 17.0 Å². The predicted molar refractivity (Wildman–Crippen MR) is 127 cm³/mol. The second-order valence-electron chi connectivity index (χ2n) is 9.33. The zero-order chi connectivity index (χ0) is 25.1. The zero-order valence-electron chi connectivity index (χ0n) is 19.3. The van der Waals surface area contributed by atoms with Crippen molar-refractivity contribution in [3.63, 3.8) is 0 Å². The third-order valence-corrected chi connectivity index (χ3v) is 8.65. The number of amides is 2. The second-order valence-corrected chi connectivity index (χ2v) is 10.5. The standard InChI is InChI=1S/C25H24F3N3O4S/c26-25(27,28)17-4-3-5-18(14-17)31-21(32)15-36-24(31)19-6-1-2-7-20(19)30(22(24)33)16-29-10-8-23(9-11-29)34-12-13-35-23/h1-7,14H,8-13,15-16H2/t24-/m1/s1. The third kappa shape index (κ3) is 3.63. The molecule has 6 rings (SSSR count). The summed E-state index contributed by atoms with van der Waals surface area (Å²) in [7, 11) is 0. The van der Waals surface area contributed by atoms with Crippen molar-refractivity contribution in [2.24, 2.45) is 0 Å². The first-order valence-electron chi connectivity index (χ1n) is 11.8. The van der Waals surface area contributed by atoms with Gasteiger partial charge in [-0.15, -0.1) is 11.8 Å². The molecule has 0 N–H and O–H groups in total. The zero-order valence-corrected chi connectivity index (χ0v) is 20.1. The number of nitrogens with zero attached hydrogens (tertiary/aromatic N) is 3. The number of hydrogen-bond donors (Lipinski definition) is 0. The summed E-state index contributed by atoms with van der Waals surface area (Å²) in [5.74, 6) is -1.28. The van der Waals surface area contributed by atoms with E-state index >= 15 is 0 Å². The Balaban J connectivity index is 1.34. The van der Waals surface area contributed by atoms with Crippen LogP contribution in [0.15, 0.2) is 48.5 Å². The summed E-state index contributed by atoms with van der Waals surface area (Å²) in [6, 6.07) is 11.8.